The number of amides is 1. The largest absolute Gasteiger partial charge is 0.465 e. The molecule has 0 fully saturated rings. The molecule has 132 valence electrons. The van der Waals surface area contributed by atoms with Crippen LogP contribution < -0.4 is 5.32 Å². The van der Waals surface area contributed by atoms with Gasteiger partial charge in [-0.2, -0.15) is 0 Å². The topological polar surface area (TPSA) is 88.3 Å². The fraction of sp³-hybridized carbons (Fsp3) is 0.278. The number of methoxy groups -OCH3 is 1. The Morgan fingerprint density at radius 1 is 1.24 bits per heavy atom. The molecule has 2 aromatic rings. The van der Waals surface area contributed by atoms with Crippen molar-refractivity contribution in [3.8, 4) is 0 Å². The molecule has 0 atom stereocenters. The number of benzene rings is 1. The third-order valence-electron chi connectivity index (χ3n) is 3.87. The van der Waals surface area contributed by atoms with Gasteiger partial charge >= 0.3 is 5.97 Å². The van der Waals surface area contributed by atoms with Crippen molar-refractivity contribution in [2.45, 2.75) is 27.2 Å². The van der Waals surface area contributed by atoms with Crippen LogP contribution in [0.4, 0.5) is 10.1 Å². The maximum atomic E-state index is 13.1. The molecule has 0 aliphatic carbocycles. The van der Waals surface area contributed by atoms with Crippen LogP contribution in [0.5, 0.6) is 0 Å². The molecule has 1 aromatic heterocycles. The molecule has 0 aliphatic heterocycles. The minimum Gasteiger partial charge on any atom is -0.465 e. The predicted octanol–water partition coefficient (Wildman–Crippen LogP) is 2.94. The van der Waals surface area contributed by atoms with E-state index in [2.05, 4.69) is 10.3 Å². The van der Waals surface area contributed by atoms with Gasteiger partial charge in [-0.1, -0.05) is 0 Å². The smallest absolute Gasteiger partial charge is 0.339 e. The van der Waals surface area contributed by atoms with E-state index in [1.165, 1.54) is 32.2 Å². The zero-order chi connectivity index (χ0) is 18.7. The van der Waals surface area contributed by atoms with E-state index < -0.39 is 17.7 Å². The first kappa shape index (κ1) is 18.4. The molecule has 6 nitrogen and oxygen atoms in total. The number of halogens is 1. The summed E-state index contributed by atoms with van der Waals surface area (Å²) in [6, 6.07) is 4.02. The molecule has 1 aromatic carbocycles. The third-order valence-corrected chi connectivity index (χ3v) is 3.87. The Balaban J connectivity index is 2.29. The first-order valence-electron chi connectivity index (χ1n) is 7.61. The Morgan fingerprint density at radius 3 is 2.48 bits per heavy atom. The average Bonchev–Trinajstić information content (AvgIpc) is 2.86. The minimum atomic E-state index is -0.623. The molecular weight excluding hydrogens is 327 g/mol. The van der Waals surface area contributed by atoms with Crippen molar-refractivity contribution in [2.75, 3.05) is 12.4 Å². The molecule has 2 N–H and O–H groups in total. The Labute approximate surface area is 144 Å². The highest BCUT2D eigenvalue weighted by atomic mass is 19.1. The summed E-state index contributed by atoms with van der Waals surface area (Å²) < 4.78 is 17.9. The van der Waals surface area contributed by atoms with Crippen molar-refractivity contribution in [2.24, 2.45) is 0 Å². The van der Waals surface area contributed by atoms with Gasteiger partial charge in [-0.25, -0.2) is 9.18 Å². The molecule has 0 saturated heterocycles. The summed E-state index contributed by atoms with van der Waals surface area (Å²) >= 11 is 0. The lowest BCUT2D eigenvalue weighted by Crippen LogP contribution is -2.17. The molecule has 7 heteroatoms. The van der Waals surface area contributed by atoms with Gasteiger partial charge in [0.15, 0.2) is 5.78 Å². The Bertz CT molecular complexity index is 855. The van der Waals surface area contributed by atoms with Crippen molar-refractivity contribution >= 4 is 23.3 Å². The second kappa shape index (κ2) is 7.29. The Morgan fingerprint density at radius 2 is 1.92 bits per heavy atom. The van der Waals surface area contributed by atoms with Gasteiger partial charge in [0.25, 0.3) is 0 Å². The number of Topliss-reactive ketones (excluding diaryl/α,β-unsaturated/α-hetero) is 1. The van der Waals surface area contributed by atoms with E-state index in [0.717, 1.165) is 0 Å². The van der Waals surface area contributed by atoms with Crippen LogP contribution in [0, 0.1) is 19.7 Å². The minimum absolute atomic E-state index is 0.157. The fourth-order valence-corrected chi connectivity index (χ4v) is 2.64. The maximum absolute atomic E-state index is 13.1. The SMILES string of the molecule is COC(=O)c1c(CC(=O)Nc2ccc(F)cc2C)[nH]c(C(C)=O)c1C. The van der Waals surface area contributed by atoms with Crippen LogP contribution >= 0.6 is 0 Å². The van der Waals surface area contributed by atoms with Gasteiger partial charge in [0.2, 0.25) is 5.91 Å². The number of ketones is 1. The molecule has 1 amide bonds. The van der Waals surface area contributed by atoms with Gasteiger partial charge in [0.05, 0.1) is 24.8 Å². The van der Waals surface area contributed by atoms with Crippen LogP contribution in [-0.4, -0.2) is 29.8 Å². The zero-order valence-electron chi connectivity index (χ0n) is 14.5. The Kier molecular flexibility index (Phi) is 5.36. The number of ether oxygens (including phenoxy) is 1. The first-order chi connectivity index (χ1) is 11.7. The van der Waals surface area contributed by atoms with Gasteiger partial charge in [0, 0.05) is 18.3 Å². The second-order valence-electron chi connectivity index (χ2n) is 5.71. The fourth-order valence-electron chi connectivity index (χ4n) is 2.64. The summed E-state index contributed by atoms with van der Waals surface area (Å²) in [5, 5.41) is 2.67. The van der Waals surface area contributed by atoms with E-state index in [0.29, 0.717) is 22.5 Å². The van der Waals surface area contributed by atoms with Gasteiger partial charge in [-0.05, 0) is 43.2 Å². The van der Waals surface area contributed by atoms with Crippen LogP contribution in [0.3, 0.4) is 0 Å². The quantitative estimate of drug-likeness (QED) is 0.643. The number of aromatic nitrogens is 1. The monoisotopic (exact) mass is 346 g/mol. The number of H-pyrrole nitrogens is 1. The molecule has 25 heavy (non-hydrogen) atoms. The van der Waals surface area contributed by atoms with Crippen LogP contribution in [-0.2, 0) is 16.0 Å². The molecule has 1 heterocycles. The number of esters is 1. The van der Waals surface area contributed by atoms with E-state index in [1.807, 2.05) is 0 Å². The lowest BCUT2D eigenvalue weighted by Gasteiger charge is -2.09. The molecule has 2 rings (SSSR count). The standard InChI is InChI=1S/C18H19FN2O4/c1-9-7-12(19)5-6-13(9)20-15(23)8-14-16(18(24)25-4)10(2)17(21-14)11(3)22/h5-7,21H,8H2,1-4H3,(H,20,23). The Hall–Kier alpha value is -2.96. The van der Waals surface area contributed by atoms with E-state index >= 15 is 0 Å². The van der Waals surface area contributed by atoms with Crippen LogP contribution in [0.25, 0.3) is 0 Å². The maximum Gasteiger partial charge on any atom is 0.339 e. The number of aryl methyl sites for hydroxylation is 1. The molecular formula is C18H19FN2O4. The summed E-state index contributed by atoms with van der Waals surface area (Å²) in [7, 11) is 1.23. The van der Waals surface area contributed by atoms with Crippen molar-refractivity contribution < 1.29 is 23.5 Å². The van der Waals surface area contributed by atoms with E-state index in [-0.39, 0.29) is 23.5 Å². The molecule has 0 spiro atoms. The molecule has 0 radical (unpaired) electrons. The highest BCUT2D eigenvalue weighted by molar-refractivity contribution is 6.02. The molecule has 0 bridgehead atoms. The summed E-state index contributed by atoms with van der Waals surface area (Å²) in [5.41, 5.74) is 2.24. The average molecular weight is 346 g/mol. The molecule has 0 saturated carbocycles. The van der Waals surface area contributed by atoms with Crippen molar-refractivity contribution in [3.63, 3.8) is 0 Å². The number of aromatic amines is 1. The van der Waals surface area contributed by atoms with Gasteiger partial charge in [-0.15, -0.1) is 0 Å². The van der Waals surface area contributed by atoms with Gasteiger partial charge in [-0.3, -0.25) is 9.59 Å². The summed E-state index contributed by atoms with van der Waals surface area (Å²) in [6.45, 7) is 4.65. The van der Waals surface area contributed by atoms with Crippen LogP contribution in [0.15, 0.2) is 18.2 Å². The molecule has 0 unspecified atom stereocenters. The lowest BCUT2D eigenvalue weighted by atomic mass is 10.1. The van der Waals surface area contributed by atoms with Gasteiger partial charge < -0.3 is 15.0 Å². The second-order valence-corrected chi connectivity index (χ2v) is 5.71. The normalized spacial score (nSPS) is 10.4. The van der Waals surface area contributed by atoms with E-state index in [1.54, 1.807) is 13.8 Å². The van der Waals surface area contributed by atoms with Crippen molar-refractivity contribution in [1.29, 1.82) is 0 Å². The summed E-state index contributed by atoms with van der Waals surface area (Å²) in [4.78, 5) is 38.8. The van der Waals surface area contributed by atoms with Crippen molar-refractivity contribution in [1.82, 2.24) is 4.98 Å². The number of rotatable bonds is 5. The number of hydrogen-bond donors (Lipinski definition) is 2. The van der Waals surface area contributed by atoms with Gasteiger partial charge in [0.1, 0.15) is 5.82 Å². The zero-order valence-corrected chi connectivity index (χ0v) is 14.5. The van der Waals surface area contributed by atoms with Crippen LogP contribution in [0.2, 0.25) is 0 Å². The summed E-state index contributed by atoms with van der Waals surface area (Å²) in [5.74, 6) is -1.67. The lowest BCUT2D eigenvalue weighted by molar-refractivity contribution is -0.115. The first-order valence-corrected chi connectivity index (χ1v) is 7.61. The molecule has 0 aliphatic rings. The highest BCUT2D eigenvalue weighted by Gasteiger charge is 2.24. The number of carbonyl (C=O) groups is 3. The third kappa shape index (κ3) is 3.93. The predicted molar refractivity (Wildman–Crippen MR) is 90.3 cm³/mol. The van der Waals surface area contributed by atoms with Crippen molar-refractivity contribution in [3.05, 3.63) is 52.1 Å². The number of nitrogens with one attached hydrogen (secondary N) is 2. The van der Waals surface area contributed by atoms with Crippen LogP contribution in [0.1, 0.15) is 44.6 Å². The highest BCUT2D eigenvalue weighted by Crippen LogP contribution is 2.22. The summed E-state index contributed by atoms with van der Waals surface area (Å²) in [6.07, 6.45) is -0.157. The number of carbonyl (C=O) groups excluding carboxylic acids is 3. The van der Waals surface area contributed by atoms with E-state index in [9.17, 15) is 18.8 Å². The van der Waals surface area contributed by atoms with E-state index in [4.69, 9.17) is 4.74 Å². The number of anilines is 1. The number of hydrogen-bond acceptors (Lipinski definition) is 4.